The van der Waals surface area contributed by atoms with E-state index < -0.39 is 0 Å². The summed E-state index contributed by atoms with van der Waals surface area (Å²) in [6.45, 7) is 2.68. The van der Waals surface area contributed by atoms with Crippen molar-refractivity contribution in [1.29, 1.82) is 0 Å². The van der Waals surface area contributed by atoms with E-state index in [0.29, 0.717) is 5.69 Å². The van der Waals surface area contributed by atoms with Gasteiger partial charge in [-0.1, -0.05) is 12.8 Å². The van der Waals surface area contributed by atoms with Gasteiger partial charge in [0.2, 0.25) is 0 Å². The van der Waals surface area contributed by atoms with Crippen LogP contribution in [0.3, 0.4) is 0 Å². The predicted octanol–water partition coefficient (Wildman–Crippen LogP) is 1.83. The van der Waals surface area contributed by atoms with Crippen molar-refractivity contribution in [3.63, 3.8) is 0 Å². The normalized spacial score (nSPS) is 21.3. The van der Waals surface area contributed by atoms with E-state index >= 15 is 0 Å². The summed E-state index contributed by atoms with van der Waals surface area (Å²) in [6.07, 6.45) is 4.14. The molecular formula is C12H18N2O2S. The summed E-state index contributed by atoms with van der Waals surface area (Å²) in [7, 11) is 0. The molecule has 1 aliphatic heterocycles. The third-order valence-corrected chi connectivity index (χ3v) is 3.96. The zero-order valence-corrected chi connectivity index (χ0v) is 10.9. The molecule has 2 heterocycles. The van der Waals surface area contributed by atoms with E-state index in [0.717, 1.165) is 37.2 Å². The van der Waals surface area contributed by atoms with Crippen LogP contribution in [0.25, 0.3) is 0 Å². The fraction of sp³-hybridized carbons (Fsp3) is 0.667. The Morgan fingerprint density at radius 2 is 2.41 bits per heavy atom. The predicted molar refractivity (Wildman–Crippen MR) is 67.2 cm³/mol. The number of hydrogen-bond donors (Lipinski definition) is 1. The molecule has 17 heavy (non-hydrogen) atoms. The number of rotatable bonds is 2. The molecule has 1 amide bonds. The van der Waals surface area contributed by atoms with Gasteiger partial charge in [0, 0.05) is 11.9 Å². The van der Waals surface area contributed by atoms with Gasteiger partial charge in [0.15, 0.2) is 0 Å². The summed E-state index contributed by atoms with van der Waals surface area (Å²) >= 11 is 1.49. The van der Waals surface area contributed by atoms with Gasteiger partial charge in [-0.3, -0.25) is 4.79 Å². The highest BCUT2D eigenvalue weighted by molar-refractivity contribution is 7.09. The first-order valence-corrected chi connectivity index (χ1v) is 6.94. The van der Waals surface area contributed by atoms with E-state index in [2.05, 4.69) is 4.98 Å². The first-order valence-electron chi connectivity index (χ1n) is 6.06. The maximum Gasteiger partial charge on any atom is 0.273 e. The molecule has 4 nitrogen and oxygen atoms in total. The van der Waals surface area contributed by atoms with Crippen LogP contribution in [0.5, 0.6) is 0 Å². The van der Waals surface area contributed by atoms with Gasteiger partial charge in [0.1, 0.15) is 5.69 Å². The number of thiazole rings is 1. The number of nitrogens with zero attached hydrogens (tertiary/aromatic N) is 2. The van der Waals surface area contributed by atoms with Crippen molar-refractivity contribution >= 4 is 17.2 Å². The van der Waals surface area contributed by atoms with Gasteiger partial charge in [0.25, 0.3) is 5.91 Å². The summed E-state index contributed by atoms with van der Waals surface area (Å²) in [4.78, 5) is 18.3. The second-order valence-electron chi connectivity index (χ2n) is 4.44. The van der Waals surface area contributed by atoms with E-state index in [1.165, 1.54) is 11.3 Å². The molecule has 0 aliphatic carbocycles. The molecule has 0 radical (unpaired) electrons. The van der Waals surface area contributed by atoms with Gasteiger partial charge < -0.3 is 10.0 Å². The van der Waals surface area contributed by atoms with Gasteiger partial charge >= 0.3 is 0 Å². The largest absolute Gasteiger partial charge is 0.394 e. The number of hydrogen-bond acceptors (Lipinski definition) is 4. The Morgan fingerprint density at radius 3 is 3.06 bits per heavy atom. The minimum atomic E-state index is -0.0352. The Kier molecular flexibility index (Phi) is 4.12. The van der Waals surface area contributed by atoms with Crippen molar-refractivity contribution < 1.29 is 9.90 Å². The molecule has 0 bridgehead atoms. The number of aromatic nitrogens is 1. The lowest BCUT2D eigenvalue weighted by atomic mass is 10.1. The van der Waals surface area contributed by atoms with Crippen LogP contribution in [0.15, 0.2) is 5.38 Å². The van der Waals surface area contributed by atoms with Crippen LogP contribution < -0.4 is 0 Å². The topological polar surface area (TPSA) is 53.4 Å². The molecule has 0 spiro atoms. The Hall–Kier alpha value is -0.940. The molecule has 0 aromatic carbocycles. The maximum absolute atomic E-state index is 12.3. The molecule has 1 atom stereocenters. The Bertz CT molecular complexity index is 392. The van der Waals surface area contributed by atoms with E-state index in [4.69, 9.17) is 0 Å². The third-order valence-electron chi connectivity index (χ3n) is 3.19. The average molecular weight is 254 g/mol. The highest BCUT2D eigenvalue weighted by Crippen LogP contribution is 2.19. The maximum atomic E-state index is 12.3. The Morgan fingerprint density at radius 1 is 1.59 bits per heavy atom. The summed E-state index contributed by atoms with van der Waals surface area (Å²) in [5.41, 5.74) is 0.521. The minimum Gasteiger partial charge on any atom is -0.394 e. The molecule has 1 saturated heterocycles. The van der Waals surface area contributed by atoms with Gasteiger partial charge in [-0.2, -0.15) is 0 Å². The third kappa shape index (κ3) is 2.84. The molecule has 0 saturated carbocycles. The average Bonchev–Trinajstić information content (AvgIpc) is 2.64. The second kappa shape index (κ2) is 5.60. The first kappa shape index (κ1) is 12.5. The number of aliphatic hydroxyl groups is 1. The summed E-state index contributed by atoms with van der Waals surface area (Å²) < 4.78 is 0. The van der Waals surface area contributed by atoms with Crippen LogP contribution in [-0.4, -0.2) is 40.1 Å². The molecule has 1 aromatic heterocycles. The SMILES string of the molecule is Cc1nc(C(=O)N2CCCCCC2CO)cs1. The van der Waals surface area contributed by atoms with E-state index in [1.807, 2.05) is 6.92 Å². The van der Waals surface area contributed by atoms with Crippen molar-refractivity contribution in [1.82, 2.24) is 9.88 Å². The van der Waals surface area contributed by atoms with Crippen molar-refractivity contribution in [2.24, 2.45) is 0 Å². The number of carbonyl (C=O) groups excluding carboxylic acids is 1. The number of aryl methyl sites for hydroxylation is 1. The smallest absolute Gasteiger partial charge is 0.273 e. The van der Waals surface area contributed by atoms with Crippen LogP contribution in [0.4, 0.5) is 0 Å². The lowest BCUT2D eigenvalue weighted by molar-refractivity contribution is 0.0594. The molecular weight excluding hydrogens is 236 g/mol. The van der Waals surface area contributed by atoms with E-state index in [-0.39, 0.29) is 18.6 Å². The van der Waals surface area contributed by atoms with Crippen LogP contribution in [-0.2, 0) is 0 Å². The van der Waals surface area contributed by atoms with Crippen molar-refractivity contribution in [2.45, 2.75) is 38.6 Å². The summed E-state index contributed by atoms with van der Waals surface area (Å²) in [5.74, 6) is -0.0321. The van der Waals surface area contributed by atoms with Gasteiger partial charge in [-0.15, -0.1) is 11.3 Å². The number of likely N-dealkylation sites (tertiary alicyclic amines) is 1. The van der Waals surface area contributed by atoms with Crippen LogP contribution in [0.1, 0.15) is 41.2 Å². The van der Waals surface area contributed by atoms with Gasteiger partial charge in [-0.05, 0) is 19.8 Å². The molecule has 2 rings (SSSR count). The molecule has 94 valence electrons. The Labute approximate surface area is 105 Å². The van der Waals surface area contributed by atoms with Crippen LogP contribution in [0, 0.1) is 6.92 Å². The standard InChI is InChI=1S/C12H18N2O2S/c1-9-13-11(8-17-9)12(16)14-6-4-2-3-5-10(14)7-15/h8,10,15H,2-7H2,1H3. The fourth-order valence-corrected chi connectivity index (χ4v) is 2.83. The van der Waals surface area contributed by atoms with Crippen molar-refractivity contribution in [3.05, 3.63) is 16.1 Å². The summed E-state index contributed by atoms with van der Waals surface area (Å²) in [6, 6.07) is -0.0352. The zero-order valence-electron chi connectivity index (χ0n) is 10.1. The van der Waals surface area contributed by atoms with Crippen LogP contribution >= 0.6 is 11.3 Å². The number of aliphatic hydroxyl groups excluding tert-OH is 1. The van der Waals surface area contributed by atoms with Gasteiger partial charge in [-0.25, -0.2) is 4.98 Å². The molecule has 1 N–H and O–H groups in total. The lowest BCUT2D eigenvalue weighted by Gasteiger charge is -2.27. The number of carbonyl (C=O) groups is 1. The fourth-order valence-electron chi connectivity index (χ4n) is 2.24. The van der Waals surface area contributed by atoms with Gasteiger partial charge in [0.05, 0.1) is 17.7 Å². The second-order valence-corrected chi connectivity index (χ2v) is 5.50. The minimum absolute atomic E-state index is 0.0321. The number of amides is 1. The van der Waals surface area contributed by atoms with E-state index in [9.17, 15) is 9.90 Å². The lowest BCUT2D eigenvalue weighted by Crippen LogP contribution is -2.42. The highest BCUT2D eigenvalue weighted by atomic mass is 32.1. The molecule has 5 heteroatoms. The summed E-state index contributed by atoms with van der Waals surface area (Å²) in [5, 5.41) is 12.1. The Balaban J connectivity index is 2.15. The molecule has 1 aromatic rings. The van der Waals surface area contributed by atoms with Crippen molar-refractivity contribution in [3.8, 4) is 0 Å². The van der Waals surface area contributed by atoms with Crippen LogP contribution in [0.2, 0.25) is 0 Å². The molecule has 1 unspecified atom stereocenters. The molecule has 1 fully saturated rings. The quantitative estimate of drug-likeness (QED) is 0.876. The monoisotopic (exact) mass is 254 g/mol. The van der Waals surface area contributed by atoms with E-state index in [1.54, 1.807) is 10.3 Å². The molecule has 1 aliphatic rings. The first-order chi connectivity index (χ1) is 8.22. The highest BCUT2D eigenvalue weighted by Gasteiger charge is 2.26. The zero-order chi connectivity index (χ0) is 12.3. The van der Waals surface area contributed by atoms with Crippen molar-refractivity contribution in [2.75, 3.05) is 13.2 Å².